The summed E-state index contributed by atoms with van der Waals surface area (Å²) in [7, 11) is 0. The lowest BCUT2D eigenvalue weighted by Crippen LogP contribution is -2.26. The van der Waals surface area contributed by atoms with Crippen molar-refractivity contribution in [3.05, 3.63) is 53.7 Å². The molecule has 0 unspecified atom stereocenters. The summed E-state index contributed by atoms with van der Waals surface area (Å²) in [5, 5.41) is 2.52. The summed E-state index contributed by atoms with van der Waals surface area (Å²) in [6.07, 6.45) is -1.02. The predicted molar refractivity (Wildman–Crippen MR) is 96.4 cm³/mol. The van der Waals surface area contributed by atoms with Crippen LogP contribution >= 0.6 is 0 Å². The molecule has 1 amide bonds. The van der Waals surface area contributed by atoms with E-state index < -0.39 is 17.6 Å². The number of alkyl halides is 3. The second kappa shape index (κ2) is 8.69. The average Bonchev–Trinajstić information content (AvgIpc) is 2.61. The maximum atomic E-state index is 12.8. The Kier molecular flexibility index (Phi) is 6.60. The normalized spacial score (nSPS) is 11.3. The Morgan fingerprint density at radius 3 is 2.42 bits per heavy atom. The van der Waals surface area contributed by atoms with Crippen LogP contribution in [-0.2, 0) is 6.18 Å². The number of aromatic nitrogens is 1. The molecule has 0 spiro atoms. The molecular formula is C19H22F3N3O. The highest BCUT2D eigenvalue weighted by molar-refractivity contribution is 6.04. The van der Waals surface area contributed by atoms with Gasteiger partial charge < -0.3 is 10.2 Å². The minimum atomic E-state index is -4.45. The molecule has 0 bridgehead atoms. The molecule has 0 aliphatic carbocycles. The van der Waals surface area contributed by atoms with Crippen LogP contribution in [0.2, 0.25) is 0 Å². The largest absolute Gasteiger partial charge is 0.416 e. The van der Waals surface area contributed by atoms with Crippen molar-refractivity contribution in [2.45, 2.75) is 32.9 Å². The molecule has 1 N–H and O–H groups in total. The number of carbonyl (C=O) groups excluding carboxylic acids is 1. The Morgan fingerprint density at radius 2 is 1.81 bits per heavy atom. The molecule has 0 fully saturated rings. The van der Waals surface area contributed by atoms with Crippen LogP contribution in [0.15, 0.2) is 42.6 Å². The highest BCUT2D eigenvalue weighted by Crippen LogP contribution is 2.30. The molecule has 0 radical (unpaired) electrons. The maximum absolute atomic E-state index is 12.8. The summed E-state index contributed by atoms with van der Waals surface area (Å²) in [6.45, 7) is 5.76. The smallest absolute Gasteiger partial charge is 0.357 e. The van der Waals surface area contributed by atoms with Crippen molar-refractivity contribution >= 4 is 17.4 Å². The van der Waals surface area contributed by atoms with E-state index in [-0.39, 0.29) is 5.69 Å². The Labute approximate surface area is 151 Å². The van der Waals surface area contributed by atoms with Gasteiger partial charge in [0.1, 0.15) is 5.82 Å². The second-order valence-corrected chi connectivity index (χ2v) is 5.92. The average molecular weight is 365 g/mol. The molecule has 0 aliphatic heterocycles. The Bertz CT molecular complexity index is 741. The van der Waals surface area contributed by atoms with E-state index in [1.54, 1.807) is 12.1 Å². The lowest BCUT2D eigenvalue weighted by atomic mass is 10.1. The molecule has 1 aromatic heterocycles. The van der Waals surface area contributed by atoms with Crippen LogP contribution in [0.4, 0.5) is 24.7 Å². The number of nitrogens with one attached hydrogen (secondary N) is 1. The molecule has 0 saturated carbocycles. The van der Waals surface area contributed by atoms with E-state index in [0.29, 0.717) is 11.4 Å². The summed E-state index contributed by atoms with van der Waals surface area (Å²) >= 11 is 0. The number of anilines is 2. The molecule has 2 rings (SSSR count). The van der Waals surface area contributed by atoms with Gasteiger partial charge in [0, 0.05) is 30.5 Å². The maximum Gasteiger partial charge on any atom is 0.416 e. The predicted octanol–water partition coefficient (Wildman–Crippen LogP) is 4.98. The molecule has 26 heavy (non-hydrogen) atoms. The Hall–Kier alpha value is -2.57. The highest BCUT2D eigenvalue weighted by atomic mass is 19.4. The minimum Gasteiger partial charge on any atom is -0.357 e. The van der Waals surface area contributed by atoms with E-state index in [2.05, 4.69) is 29.0 Å². The van der Waals surface area contributed by atoms with E-state index in [1.165, 1.54) is 18.3 Å². The molecule has 1 aromatic carbocycles. The lowest BCUT2D eigenvalue weighted by molar-refractivity contribution is -0.137. The summed E-state index contributed by atoms with van der Waals surface area (Å²) in [4.78, 5) is 18.8. The van der Waals surface area contributed by atoms with Gasteiger partial charge >= 0.3 is 6.18 Å². The molecule has 0 atom stereocenters. The quantitative estimate of drug-likeness (QED) is 0.753. The number of benzene rings is 1. The van der Waals surface area contributed by atoms with Crippen LogP contribution in [0.1, 0.15) is 42.6 Å². The third-order valence-electron chi connectivity index (χ3n) is 3.77. The highest BCUT2D eigenvalue weighted by Gasteiger charge is 2.30. The van der Waals surface area contributed by atoms with Crippen LogP contribution in [0.25, 0.3) is 0 Å². The number of pyridine rings is 1. The van der Waals surface area contributed by atoms with Crippen molar-refractivity contribution in [1.82, 2.24) is 4.98 Å². The van der Waals surface area contributed by atoms with Gasteiger partial charge in [0.15, 0.2) is 0 Å². The molecule has 140 valence electrons. The molecular weight excluding hydrogens is 343 g/mol. The van der Waals surface area contributed by atoms with E-state index in [4.69, 9.17) is 0 Å². The molecule has 2 aromatic rings. The van der Waals surface area contributed by atoms with Gasteiger partial charge in [-0.1, -0.05) is 19.9 Å². The molecule has 0 aliphatic rings. The third kappa shape index (κ3) is 5.21. The standard InChI is InChI=1S/C19H22F3N3O/c1-3-10-25(11-4-2)17-12-14(8-9-23-17)18(26)24-16-7-5-6-15(13-16)19(20,21)22/h5-9,12-13H,3-4,10-11H2,1-2H3,(H,24,26). The first-order valence-corrected chi connectivity index (χ1v) is 8.54. The summed E-state index contributed by atoms with van der Waals surface area (Å²) in [6, 6.07) is 7.78. The summed E-state index contributed by atoms with van der Waals surface area (Å²) in [5.74, 6) is 0.214. The first-order valence-electron chi connectivity index (χ1n) is 8.54. The van der Waals surface area contributed by atoms with Crippen LogP contribution < -0.4 is 10.2 Å². The molecule has 4 nitrogen and oxygen atoms in total. The molecule has 7 heteroatoms. The van der Waals surface area contributed by atoms with Gasteiger partial charge in [-0.3, -0.25) is 4.79 Å². The SMILES string of the molecule is CCCN(CCC)c1cc(C(=O)Nc2cccc(C(F)(F)F)c2)ccn1. The van der Waals surface area contributed by atoms with Crippen molar-refractivity contribution in [3.8, 4) is 0 Å². The first-order chi connectivity index (χ1) is 12.3. The third-order valence-corrected chi connectivity index (χ3v) is 3.77. The summed E-state index contributed by atoms with van der Waals surface area (Å²) < 4.78 is 38.4. The van der Waals surface area contributed by atoms with E-state index in [0.717, 1.165) is 38.1 Å². The minimum absolute atomic E-state index is 0.0992. The van der Waals surface area contributed by atoms with Gasteiger partial charge in [-0.2, -0.15) is 13.2 Å². The van der Waals surface area contributed by atoms with Crippen molar-refractivity contribution in [3.63, 3.8) is 0 Å². The number of hydrogen-bond donors (Lipinski definition) is 1. The molecule has 1 heterocycles. The first kappa shape index (κ1) is 19.8. The van der Waals surface area contributed by atoms with Crippen LogP contribution in [0.5, 0.6) is 0 Å². The van der Waals surface area contributed by atoms with Gasteiger partial charge in [0.2, 0.25) is 0 Å². The topological polar surface area (TPSA) is 45.2 Å². The second-order valence-electron chi connectivity index (χ2n) is 5.92. The Balaban J connectivity index is 2.19. The fourth-order valence-electron chi connectivity index (χ4n) is 2.59. The number of nitrogens with zero attached hydrogens (tertiary/aromatic N) is 2. The number of carbonyl (C=O) groups is 1. The van der Waals surface area contributed by atoms with E-state index >= 15 is 0 Å². The fraction of sp³-hybridized carbons (Fsp3) is 0.368. The van der Waals surface area contributed by atoms with Crippen molar-refractivity contribution < 1.29 is 18.0 Å². The van der Waals surface area contributed by atoms with Crippen molar-refractivity contribution in [2.24, 2.45) is 0 Å². The van der Waals surface area contributed by atoms with Gasteiger partial charge in [-0.05, 0) is 43.2 Å². The summed E-state index contributed by atoms with van der Waals surface area (Å²) in [5.41, 5.74) is -0.352. The molecule has 0 saturated heterocycles. The fourth-order valence-corrected chi connectivity index (χ4v) is 2.59. The number of amides is 1. The number of halogens is 3. The van der Waals surface area contributed by atoms with Gasteiger partial charge in [0.05, 0.1) is 5.56 Å². The van der Waals surface area contributed by atoms with Crippen LogP contribution in [0, 0.1) is 0 Å². The van der Waals surface area contributed by atoms with Crippen molar-refractivity contribution in [1.29, 1.82) is 0 Å². The van der Waals surface area contributed by atoms with Gasteiger partial charge in [-0.15, -0.1) is 0 Å². The van der Waals surface area contributed by atoms with Crippen molar-refractivity contribution in [2.75, 3.05) is 23.3 Å². The van der Waals surface area contributed by atoms with Crippen LogP contribution in [-0.4, -0.2) is 24.0 Å². The zero-order valence-corrected chi connectivity index (χ0v) is 14.8. The number of hydrogen-bond acceptors (Lipinski definition) is 3. The number of rotatable bonds is 7. The van der Waals surface area contributed by atoms with E-state index in [1.807, 2.05) is 0 Å². The zero-order chi connectivity index (χ0) is 19.2. The van der Waals surface area contributed by atoms with Gasteiger partial charge in [-0.25, -0.2) is 4.98 Å². The van der Waals surface area contributed by atoms with E-state index in [9.17, 15) is 18.0 Å². The zero-order valence-electron chi connectivity index (χ0n) is 14.8. The lowest BCUT2D eigenvalue weighted by Gasteiger charge is -2.22. The monoisotopic (exact) mass is 365 g/mol. The van der Waals surface area contributed by atoms with Gasteiger partial charge in [0.25, 0.3) is 5.91 Å². The van der Waals surface area contributed by atoms with Crippen LogP contribution in [0.3, 0.4) is 0 Å². The Morgan fingerprint density at radius 1 is 1.12 bits per heavy atom.